The van der Waals surface area contributed by atoms with Crippen molar-refractivity contribution in [2.24, 2.45) is 5.92 Å². The molecule has 1 heterocycles. The molecule has 6 heteroatoms. The van der Waals surface area contributed by atoms with E-state index in [1.54, 1.807) is 20.3 Å². The number of phenolic OH excluding ortho intramolecular Hbond substituents is 1. The van der Waals surface area contributed by atoms with Crippen LogP contribution >= 0.6 is 0 Å². The molecule has 0 saturated carbocycles. The number of piperidine rings is 1. The molecular formula is C25H34N2O4. The number of amides is 1. The van der Waals surface area contributed by atoms with E-state index in [1.165, 1.54) is 0 Å². The molecule has 1 aliphatic heterocycles. The largest absolute Gasteiger partial charge is 0.504 e. The second-order valence-corrected chi connectivity index (χ2v) is 8.54. The highest BCUT2D eigenvalue weighted by Gasteiger charge is 2.30. The van der Waals surface area contributed by atoms with Crippen molar-refractivity contribution in [1.82, 2.24) is 4.90 Å². The van der Waals surface area contributed by atoms with Gasteiger partial charge in [0.2, 0.25) is 5.91 Å². The molecule has 1 aliphatic rings. The summed E-state index contributed by atoms with van der Waals surface area (Å²) < 4.78 is 10.6. The number of nitrogens with zero attached hydrogens (tertiary/aromatic N) is 2. The molecule has 0 bridgehead atoms. The first kappa shape index (κ1) is 22.9. The third-order valence-electron chi connectivity index (χ3n) is 5.80. The first-order valence-electron chi connectivity index (χ1n) is 11.0. The quantitative estimate of drug-likeness (QED) is 0.676. The van der Waals surface area contributed by atoms with Crippen LogP contribution in [0.25, 0.3) is 0 Å². The monoisotopic (exact) mass is 426 g/mol. The minimum atomic E-state index is 0.147. The highest BCUT2D eigenvalue weighted by molar-refractivity contribution is 5.94. The number of para-hydroxylation sites is 1. The molecule has 1 saturated heterocycles. The van der Waals surface area contributed by atoms with E-state index in [1.807, 2.05) is 41.3 Å². The minimum Gasteiger partial charge on any atom is -0.504 e. The molecule has 0 atom stereocenters. The second-order valence-electron chi connectivity index (χ2n) is 8.54. The number of aromatic hydroxyl groups is 1. The molecule has 2 aromatic carbocycles. The van der Waals surface area contributed by atoms with Gasteiger partial charge < -0.3 is 19.5 Å². The lowest BCUT2D eigenvalue weighted by atomic mass is 9.99. The maximum Gasteiger partial charge on any atom is 0.227 e. The fourth-order valence-corrected chi connectivity index (χ4v) is 4.20. The predicted octanol–water partition coefficient (Wildman–Crippen LogP) is 4.45. The van der Waals surface area contributed by atoms with Crippen LogP contribution in [0.2, 0.25) is 0 Å². The summed E-state index contributed by atoms with van der Waals surface area (Å²) in [6.07, 6.45) is 2.28. The van der Waals surface area contributed by atoms with E-state index in [4.69, 9.17) is 9.47 Å². The van der Waals surface area contributed by atoms with Crippen molar-refractivity contribution >= 4 is 11.6 Å². The van der Waals surface area contributed by atoms with Gasteiger partial charge >= 0.3 is 0 Å². The zero-order valence-corrected chi connectivity index (χ0v) is 19.0. The third kappa shape index (κ3) is 5.70. The van der Waals surface area contributed by atoms with Gasteiger partial charge in [-0.2, -0.15) is 0 Å². The van der Waals surface area contributed by atoms with Crippen LogP contribution in [-0.2, 0) is 11.3 Å². The summed E-state index contributed by atoms with van der Waals surface area (Å²) in [5.74, 6) is 1.92. The fourth-order valence-electron chi connectivity index (χ4n) is 4.20. The molecular weight excluding hydrogens is 392 g/mol. The number of anilines is 1. The molecule has 3 rings (SSSR count). The van der Waals surface area contributed by atoms with Gasteiger partial charge in [0.15, 0.2) is 11.5 Å². The van der Waals surface area contributed by atoms with Crippen molar-refractivity contribution in [1.29, 1.82) is 0 Å². The van der Waals surface area contributed by atoms with Crippen molar-refractivity contribution in [3.8, 4) is 17.2 Å². The van der Waals surface area contributed by atoms with Crippen LogP contribution < -0.4 is 14.4 Å². The summed E-state index contributed by atoms with van der Waals surface area (Å²) >= 11 is 0. The van der Waals surface area contributed by atoms with E-state index in [-0.39, 0.29) is 17.7 Å². The van der Waals surface area contributed by atoms with Crippen molar-refractivity contribution in [3.05, 3.63) is 48.0 Å². The third-order valence-corrected chi connectivity index (χ3v) is 5.80. The zero-order chi connectivity index (χ0) is 22.4. The average Bonchev–Trinajstić information content (AvgIpc) is 2.76. The number of hydrogen-bond donors (Lipinski definition) is 1. The minimum absolute atomic E-state index is 0.147. The molecule has 0 unspecified atom stereocenters. The van der Waals surface area contributed by atoms with Gasteiger partial charge in [0.05, 0.1) is 14.2 Å². The number of methoxy groups -OCH3 is 2. The Morgan fingerprint density at radius 1 is 1.13 bits per heavy atom. The van der Waals surface area contributed by atoms with Crippen LogP contribution in [0, 0.1) is 5.92 Å². The Morgan fingerprint density at radius 3 is 2.48 bits per heavy atom. The summed E-state index contributed by atoms with van der Waals surface area (Å²) in [5, 5.41) is 10.4. The number of likely N-dealkylation sites (tertiary alicyclic amines) is 1. The van der Waals surface area contributed by atoms with Gasteiger partial charge in [0.25, 0.3) is 0 Å². The Balaban J connectivity index is 1.72. The van der Waals surface area contributed by atoms with Gasteiger partial charge in [-0.05, 0) is 37.0 Å². The van der Waals surface area contributed by atoms with E-state index in [0.29, 0.717) is 24.6 Å². The Hall–Kier alpha value is -2.73. The van der Waals surface area contributed by atoms with Crippen LogP contribution in [0.15, 0.2) is 42.5 Å². The number of benzene rings is 2. The predicted molar refractivity (Wildman–Crippen MR) is 123 cm³/mol. The molecule has 6 nitrogen and oxygen atoms in total. The number of phenols is 1. The van der Waals surface area contributed by atoms with E-state index in [0.717, 1.165) is 42.9 Å². The maximum atomic E-state index is 13.2. The highest BCUT2D eigenvalue weighted by atomic mass is 16.5. The lowest BCUT2D eigenvalue weighted by Gasteiger charge is -2.39. The molecule has 31 heavy (non-hydrogen) atoms. The van der Waals surface area contributed by atoms with E-state index in [9.17, 15) is 9.90 Å². The van der Waals surface area contributed by atoms with Crippen molar-refractivity contribution in [2.75, 3.05) is 32.2 Å². The molecule has 2 aromatic rings. The summed E-state index contributed by atoms with van der Waals surface area (Å²) in [6, 6.07) is 13.5. The summed E-state index contributed by atoms with van der Waals surface area (Å²) in [5.41, 5.74) is 1.76. The number of rotatable bonds is 8. The van der Waals surface area contributed by atoms with Crippen molar-refractivity contribution in [3.63, 3.8) is 0 Å². The van der Waals surface area contributed by atoms with Crippen LogP contribution in [0.1, 0.15) is 38.7 Å². The topological polar surface area (TPSA) is 62.2 Å². The summed E-state index contributed by atoms with van der Waals surface area (Å²) in [7, 11) is 3.21. The van der Waals surface area contributed by atoms with E-state index < -0.39 is 0 Å². The lowest BCUT2D eigenvalue weighted by molar-refractivity contribution is -0.120. The van der Waals surface area contributed by atoms with Gasteiger partial charge in [-0.25, -0.2) is 0 Å². The Kier molecular flexibility index (Phi) is 7.80. The van der Waals surface area contributed by atoms with Crippen molar-refractivity contribution < 1.29 is 19.4 Å². The number of carbonyl (C=O) groups excluding carboxylic acids is 1. The van der Waals surface area contributed by atoms with Crippen LogP contribution in [0.5, 0.6) is 17.2 Å². The molecule has 168 valence electrons. The summed E-state index contributed by atoms with van der Waals surface area (Å²) in [6.45, 7) is 6.53. The summed E-state index contributed by atoms with van der Waals surface area (Å²) in [4.78, 5) is 17.5. The molecule has 1 amide bonds. The lowest BCUT2D eigenvalue weighted by Crippen LogP contribution is -2.47. The Morgan fingerprint density at radius 2 is 1.84 bits per heavy atom. The average molecular weight is 427 g/mol. The van der Waals surface area contributed by atoms with Gasteiger partial charge in [0.1, 0.15) is 5.75 Å². The molecule has 1 N–H and O–H groups in total. The molecule has 0 aromatic heterocycles. The Bertz CT molecular complexity index is 876. The zero-order valence-electron chi connectivity index (χ0n) is 19.0. The fraction of sp³-hybridized carbons (Fsp3) is 0.480. The van der Waals surface area contributed by atoms with Gasteiger partial charge in [-0.1, -0.05) is 32.0 Å². The first-order valence-corrected chi connectivity index (χ1v) is 11.0. The van der Waals surface area contributed by atoms with E-state index in [2.05, 4.69) is 18.7 Å². The maximum absolute atomic E-state index is 13.2. The van der Waals surface area contributed by atoms with E-state index >= 15 is 0 Å². The smallest absolute Gasteiger partial charge is 0.227 e. The Labute approximate surface area is 185 Å². The van der Waals surface area contributed by atoms with Crippen LogP contribution in [-0.4, -0.2) is 49.3 Å². The van der Waals surface area contributed by atoms with Crippen molar-refractivity contribution in [2.45, 2.75) is 45.7 Å². The number of ether oxygens (including phenoxy) is 2. The van der Waals surface area contributed by atoms with Gasteiger partial charge in [-0.15, -0.1) is 0 Å². The first-order chi connectivity index (χ1) is 14.9. The van der Waals surface area contributed by atoms with Crippen LogP contribution in [0.3, 0.4) is 0 Å². The highest BCUT2D eigenvalue weighted by Crippen LogP contribution is 2.32. The second kappa shape index (κ2) is 10.5. The molecule has 0 aliphatic carbocycles. The number of hydrogen-bond acceptors (Lipinski definition) is 5. The van der Waals surface area contributed by atoms with Gasteiger partial charge in [0, 0.05) is 49.4 Å². The molecule has 0 spiro atoms. The van der Waals surface area contributed by atoms with Crippen LogP contribution in [0.4, 0.5) is 5.69 Å². The molecule has 1 fully saturated rings. The molecule has 0 radical (unpaired) electrons. The SMILES string of the molecule is COc1cccc(N(C(=O)CC(C)C)C2CCN(Cc3cccc(OC)c3O)CC2)c1. The normalized spacial score (nSPS) is 15.1. The van der Waals surface area contributed by atoms with Gasteiger partial charge in [-0.3, -0.25) is 9.69 Å². The standard InChI is InChI=1S/C25H34N2O4/c1-18(2)15-24(28)27(21-8-6-9-22(16-21)30-3)20-11-13-26(14-12-20)17-19-7-5-10-23(31-4)25(19)29/h5-10,16,18,20,29H,11-15,17H2,1-4H3. The number of carbonyl (C=O) groups is 1.